The van der Waals surface area contributed by atoms with Crippen LogP contribution in [0.3, 0.4) is 0 Å². The predicted octanol–water partition coefficient (Wildman–Crippen LogP) is -0.582. The van der Waals surface area contributed by atoms with E-state index < -0.39 is 30.1 Å². The van der Waals surface area contributed by atoms with Gasteiger partial charge in [0.2, 0.25) is 5.91 Å². The van der Waals surface area contributed by atoms with Crippen molar-refractivity contribution in [2.24, 2.45) is 5.73 Å². The Hall–Kier alpha value is -2.43. The first kappa shape index (κ1) is 17.6. The summed E-state index contributed by atoms with van der Waals surface area (Å²) >= 11 is 0. The lowest BCUT2D eigenvalue weighted by Gasteiger charge is -2.16. The van der Waals surface area contributed by atoms with Crippen molar-refractivity contribution < 1.29 is 32.3 Å². The fourth-order valence-corrected chi connectivity index (χ4v) is 1.43. The van der Waals surface area contributed by atoms with Gasteiger partial charge in [0.05, 0.1) is 6.33 Å². The lowest BCUT2D eigenvalue weighted by molar-refractivity contribution is -0.202. The average molecular weight is 322 g/mol. The number of esters is 2. The van der Waals surface area contributed by atoms with Crippen molar-refractivity contribution >= 4 is 17.8 Å². The molecule has 0 aliphatic carbocycles. The van der Waals surface area contributed by atoms with Crippen LogP contribution in [0.2, 0.25) is 0 Å². The number of nitrogens with two attached hydrogens (primary N) is 1. The number of amides is 1. The summed E-state index contributed by atoms with van der Waals surface area (Å²) in [6.45, 7) is -0.0147. The standard InChI is InChI=1S/C11H13F3N4O4/c12-11(13,14)10(21)22-9(20)7(18-8(19)1-2-15)3-6-4-16-5-17-6/h4-5,7H,1-3,15H2,(H,16,17)(H,18,19)/t7-/m0/s1. The van der Waals surface area contributed by atoms with Crippen LogP contribution in [0.1, 0.15) is 12.1 Å². The molecule has 0 unspecified atom stereocenters. The Balaban J connectivity index is 2.77. The molecule has 8 nitrogen and oxygen atoms in total. The second kappa shape index (κ2) is 7.54. The largest absolute Gasteiger partial charge is 0.491 e. The molecule has 1 aromatic rings. The number of halogens is 3. The Bertz CT molecular complexity index is 530. The number of hydrogen-bond acceptors (Lipinski definition) is 6. The van der Waals surface area contributed by atoms with Crippen LogP contribution in [0, 0.1) is 0 Å². The van der Waals surface area contributed by atoms with Crippen molar-refractivity contribution in [3.8, 4) is 0 Å². The Morgan fingerprint density at radius 2 is 2.09 bits per heavy atom. The van der Waals surface area contributed by atoms with Crippen molar-refractivity contribution in [2.75, 3.05) is 6.54 Å². The van der Waals surface area contributed by atoms with Gasteiger partial charge in [0.1, 0.15) is 6.04 Å². The molecule has 0 saturated carbocycles. The maximum absolute atomic E-state index is 12.1. The lowest BCUT2D eigenvalue weighted by atomic mass is 10.1. The molecule has 1 aromatic heterocycles. The average Bonchev–Trinajstić information content (AvgIpc) is 2.90. The molecule has 0 saturated heterocycles. The van der Waals surface area contributed by atoms with Crippen molar-refractivity contribution in [3.05, 3.63) is 18.2 Å². The number of carbonyl (C=O) groups excluding carboxylic acids is 3. The van der Waals surface area contributed by atoms with Crippen LogP contribution in [0.5, 0.6) is 0 Å². The minimum absolute atomic E-state index is 0.0147. The number of ether oxygens (including phenoxy) is 1. The van der Waals surface area contributed by atoms with Gasteiger partial charge < -0.3 is 20.8 Å². The molecule has 1 atom stereocenters. The molecule has 0 aliphatic rings. The van der Waals surface area contributed by atoms with E-state index in [2.05, 4.69) is 20.0 Å². The summed E-state index contributed by atoms with van der Waals surface area (Å²) in [5.41, 5.74) is 5.52. The molecule has 122 valence electrons. The van der Waals surface area contributed by atoms with Crippen molar-refractivity contribution in [3.63, 3.8) is 0 Å². The van der Waals surface area contributed by atoms with E-state index >= 15 is 0 Å². The molecule has 0 aliphatic heterocycles. The fourth-order valence-electron chi connectivity index (χ4n) is 1.43. The number of nitrogens with zero attached hydrogens (tertiary/aromatic N) is 1. The van der Waals surface area contributed by atoms with Crippen molar-refractivity contribution in [2.45, 2.75) is 25.1 Å². The summed E-state index contributed by atoms with van der Waals surface area (Å²) in [5.74, 6) is -4.84. The van der Waals surface area contributed by atoms with Gasteiger partial charge in [0.25, 0.3) is 0 Å². The number of hydrogen-bond donors (Lipinski definition) is 3. The van der Waals surface area contributed by atoms with E-state index in [0.717, 1.165) is 0 Å². The van der Waals surface area contributed by atoms with Crippen LogP contribution in [0.4, 0.5) is 13.2 Å². The highest BCUT2D eigenvalue weighted by Gasteiger charge is 2.43. The first-order valence-corrected chi connectivity index (χ1v) is 6.03. The van der Waals surface area contributed by atoms with Gasteiger partial charge >= 0.3 is 18.1 Å². The second-order valence-corrected chi connectivity index (χ2v) is 4.15. The number of H-pyrrole nitrogens is 1. The first-order valence-electron chi connectivity index (χ1n) is 6.03. The van der Waals surface area contributed by atoms with E-state index in [1.165, 1.54) is 12.5 Å². The number of aromatic nitrogens is 2. The minimum Gasteiger partial charge on any atom is -0.385 e. The van der Waals surface area contributed by atoms with Crippen LogP contribution in [-0.4, -0.2) is 46.6 Å². The van der Waals surface area contributed by atoms with Gasteiger partial charge in [-0.05, 0) is 0 Å². The summed E-state index contributed by atoms with van der Waals surface area (Å²) in [6.07, 6.45) is -3.09. The molecule has 1 heterocycles. The van der Waals surface area contributed by atoms with E-state index in [-0.39, 0.29) is 19.4 Å². The molecular weight excluding hydrogens is 309 g/mol. The molecule has 0 aromatic carbocycles. The van der Waals surface area contributed by atoms with Crippen LogP contribution < -0.4 is 11.1 Å². The normalized spacial score (nSPS) is 12.5. The zero-order valence-corrected chi connectivity index (χ0v) is 11.1. The predicted molar refractivity (Wildman–Crippen MR) is 65.0 cm³/mol. The van der Waals surface area contributed by atoms with E-state index in [4.69, 9.17) is 5.73 Å². The van der Waals surface area contributed by atoms with E-state index in [0.29, 0.717) is 5.69 Å². The fraction of sp³-hybridized carbons (Fsp3) is 0.455. The van der Waals surface area contributed by atoms with Crippen molar-refractivity contribution in [1.29, 1.82) is 0 Å². The van der Waals surface area contributed by atoms with E-state index in [1.54, 1.807) is 0 Å². The molecular formula is C11H13F3N4O4. The van der Waals surface area contributed by atoms with E-state index in [9.17, 15) is 27.6 Å². The van der Waals surface area contributed by atoms with Gasteiger partial charge in [0.15, 0.2) is 0 Å². The molecule has 22 heavy (non-hydrogen) atoms. The molecule has 11 heteroatoms. The van der Waals surface area contributed by atoms with Gasteiger partial charge in [-0.3, -0.25) is 4.79 Å². The quantitative estimate of drug-likeness (QED) is 0.475. The summed E-state index contributed by atoms with van der Waals surface area (Å²) in [7, 11) is 0. The number of aromatic amines is 1. The van der Waals surface area contributed by atoms with Gasteiger partial charge in [-0.25, -0.2) is 14.6 Å². The molecule has 1 amide bonds. The molecule has 0 bridgehead atoms. The molecule has 0 fully saturated rings. The van der Waals surface area contributed by atoms with Gasteiger partial charge in [-0.2, -0.15) is 13.2 Å². The molecule has 4 N–H and O–H groups in total. The first-order chi connectivity index (χ1) is 10.2. The molecule has 0 radical (unpaired) electrons. The lowest BCUT2D eigenvalue weighted by Crippen LogP contribution is -2.45. The maximum Gasteiger partial charge on any atom is 0.491 e. The van der Waals surface area contributed by atoms with Gasteiger partial charge in [-0.15, -0.1) is 0 Å². The summed E-state index contributed by atoms with van der Waals surface area (Å²) in [5, 5.41) is 2.15. The smallest absolute Gasteiger partial charge is 0.385 e. The SMILES string of the molecule is NCCC(=O)N[C@@H](Cc1cnc[nH]1)C(=O)OC(=O)C(F)(F)F. The monoisotopic (exact) mass is 322 g/mol. The van der Waals surface area contributed by atoms with Crippen LogP contribution >= 0.6 is 0 Å². The zero-order valence-electron chi connectivity index (χ0n) is 11.1. The Morgan fingerprint density at radius 3 is 2.59 bits per heavy atom. The summed E-state index contributed by atoms with van der Waals surface area (Å²) < 4.78 is 40.0. The van der Waals surface area contributed by atoms with Gasteiger partial charge in [0, 0.05) is 31.3 Å². The number of alkyl halides is 3. The topological polar surface area (TPSA) is 127 Å². The van der Waals surface area contributed by atoms with Crippen LogP contribution in [0.25, 0.3) is 0 Å². The highest BCUT2D eigenvalue weighted by Crippen LogP contribution is 2.17. The molecule has 0 spiro atoms. The third kappa shape index (κ3) is 5.52. The Morgan fingerprint density at radius 1 is 1.41 bits per heavy atom. The summed E-state index contributed by atoms with van der Waals surface area (Å²) in [6, 6.07) is -1.48. The number of carbonyl (C=O) groups is 3. The second-order valence-electron chi connectivity index (χ2n) is 4.15. The molecule has 1 rings (SSSR count). The summed E-state index contributed by atoms with van der Waals surface area (Å²) in [4.78, 5) is 40.0. The third-order valence-electron chi connectivity index (χ3n) is 2.39. The highest BCUT2D eigenvalue weighted by atomic mass is 19.4. The number of imidazole rings is 1. The van der Waals surface area contributed by atoms with Gasteiger partial charge in [-0.1, -0.05) is 0 Å². The van der Waals surface area contributed by atoms with Crippen molar-refractivity contribution in [1.82, 2.24) is 15.3 Å². The van der Waals surface area contributed by atoms with Crippen LogP contribution in [0.15, 0.2) is 12.5 Å². The maximum atomic E-state index is 12.1. The minimum atomic E-state index is -5.31. The Labute approximate surface area is 122 Å². The number of nitrogens with one attached hydrogen (secondary N) is 2. The third-order valence-corrected chi connectivity index (χ3v) is 2.39. The highest BCUT2D eigenvalue weighted by molar-refractivity contribution is 5.93. The van der Waals surface area contributed by atoms with Crippen LogP contribution in [-0.2, 0) is 25.5 Å². The number of rotatable bonds is 6. The van der Waals surface area contributed by atoms with E-state index in [1.807, 2.05) is 0 Å². The Kier molecular flexibility index (Phi) is 6.04. The zero-order chi connectivity index (χ0) is 16.8.